The Morgan fingerprint density at radius 3 is 1.32 bits per heavy atom. The number of hydrogen-bond donors (Lipinski definition) is 14. The van der Waals surface area contributed by atoms with Crippen molar-refractivity contribution >= 4 is 41.4 Å². The van der Waals surface area contributed by atoms with Crippen LogP contribution in [0.2, 0.25) is 0 Å². The van der Waals surface area contributed by atoms with Crippen LogP contribution in [-0.2, 0) is 33.6 Å². The molecule has 20 N–H and O–H groups in total. The second-order valence-electron chi connectivity index (χ2n) is 9.80. The molecule has 7 atom stereocenters. The monoisotopic (exact) mass is 630 g/mol. The van der Waals surface area contributed by atoms with Crippen LogP contribution in [0.4, 0.5) is 0 Å². The molecular weight excluding hydrogens is 584 g/mol. The summed E-state index contributed by atoms with van der Waals surface area (Å²) in [6.07, 6.45) is -5.08. The van der Waals surface area contributed by atoms with E-state index in [1.807, 2.05) is 0 Å². The van der Waals surface area contributed by atoms with Crippen LogP contribution in [0, 0.1) is 0 Å². The summed E-state index contributed by atoms with van der Waals surface area (Å²) in [5.74, 6) is -6.02. The van der Waals surface area contributed by atoms with Gasteiger partial charge in [-0.3, -0.25) is 33.6 Å². The van der Waals surface area contributed by atoms with Crippen LogP contribution in [-0.4, -0.2) is 117 Å². The third-order valence-corrected chi connectivity index (χ3v) is 6.40. The summed E-state index contributed by atoms with van der Waals surface area (Å²) in [5, 5.41) is 19.1. The summed E-state index contributed by atoms with van der Waals surface area (Å²) in [5.41, 5.74) is 34.1. The maximum Gasteiger partial charge on any atom is 0.259 e. The average molecular weight is 631 g/mol. The number of rotatable bonds is 7. The molecule has 44 heavy (non-hydrogen) atoms. The molecule has 1 heterocycles. The van der Waals surface area contributed by atoms with Crippen LogP contribution >= 0.6 is 0 Å². The van der Waals surface area contributed by atoms with Gasteiger partial charge in [0.05, 0.1) is 6.04 Å². The Hall–Kier alpha value is -3.99. The van der Waals surface area contributed by atoms with E-state index in [-0.39, 0.29) is 51.9 Å². The molecule has 21 heteroatoms. The van der Waals surface area contributed by atoms with Crippen molar-refractivity contribution in [2.75, 3.05) is 33.2 Å². The van der Waals surface area contributed by atoms with Crippen molar-refractivity contribution < 1.29 is 33.6 Å². The maximum absolute atomic E-state index is 13.0. The molecule has 0 radical (unpaired) electrons. The van der Waals surface area contributed by atoms with Gasteiger partial charge < -0.3 is 76.9 Å². The second-order valence-corrected chi connectivity index (χ2v) is 9.80. The van der Waals surface area contributed by atoms with E-state index in [2.05, 4.69) is 42.5 Å². The number of hydrogen-bond acceptors (Lipinski definition) is 14. The van der Waals surface area contributed by atoms with E-state index in [0.717, 1.165) is 0 Å². The predicted octanol–water partition coefficient (Wildman–Crippen LogP) is -9.20. The smallest absolute Gasteiger partial charge is 0.259 e. The highest BCUT2D eigenvalue weighted by Gasteiger charge is 2.31. The van der Waals surface area contributed by atoms with Crippen LogP contribution in [0.5, 0.6) is 0 Å². The van der Waals surface area contributed by atoms with Gasteiger partial charge in [0.25, 0.3) is 17.7 Å². The lowest BCUT2D eigenvalue weighted by Gasteiger charge is -2.25. The molecule has 0 unspecified atom stereocenters. The number of likely N-dealkylation sites (N-methyl/N-ethyl adjacent to an activating group) is 1. The molecule has 0 spiro atoms. The summed E-state index contributed by atoms with van der Waals surface area (Å²) < 4.78 is 0. The molecule has 250 valence electrons. The van der Waals surface area contributed by atoms with E-state index < -0.39 is 84.0 Å². The standard InChI is InChI=1S/C23H46N14O7/c1-30-10-5-9-31-21(42)14(27)35-19(40)13(4-8-26)33-18(39)11(2-6-24)34-22(43)15(28)37-23(44)16(29)36-20(41)12(3-7-25)32-17(10)38/h10-16,30H,2-9,24-29H2,1H3,(H,31,42)(H,32,38)(H,33,39)(H,34,43)(H,35,40)(H,36,41)(H,37,44)/t10-,11-,12-,13-,14+,15+,16-/m0/s1. The van der Waals surface area contributed by atoms with Crippen LogP contribution in [0.3, 0.4) is 0 Å². The van der Waals surface area contributed by atoms with Crippen LogP contribution in [0.25, 0.3) is 0 Å². The summed E-state index contributed by atoms with van der Waals surface area (Å²) in [6, 6.07) is -4.64. The molecule has 0 bridgehead atoms. The highest BCUT2D eigenvalue weighted by Crippen LogP contribution is 2.00. The minimum atomic E-state index is -1.73. The van der Waals surface area contributed by atoms with Gasteiger partial charge >= 0.3 is 0 Å². The van der Waals surface area contributed by atoms with E-state index in [9.17, 15) is 33.6 Å². The zero-order chi connectivity index (χ0) is 33.4. The van der Waals surface area contributed by atoms with Crippen molar-refractivity contribution in [3.8, 4) is 0 Å². The first-order chi connectivity index (χ1) is 20.8. The Balaban J connectivity index is 3.29. The van der Waals surface area contributed by atoms with Gasteiger partial charge in [-0.15, -0.1) is 0 Å². The molecular formula is C23H46N14O7. The SMILES string of the molecule is CN[C@H]1CCNC(=O)[C@H](N)NC(=O)[C@H](CCN)NC(=O)[C@H](CCN)NC(=O)[C@H](N)NC(=O)[C@@H](N)NC(=O)[C@H](CCN)NC1=O. The molecule has 1 aliphatic heterocycles. The third kappa shape index (κ3) is 12.3. The van der Waals surface area contributed by atoms with Gasteiger partial charge in [-0.1, -0.05) is 0 Å². The number of nitrogens with one attached hydrogen (secondary N) is 8. The Labute approximate surface area is 253 Å². The molecule has 1 fully saturated rings. The summed E-state index contributed by atoms with van der Waals surface area (Å²) >= 11 is 0. The predicted molar refractivity (Wildman–Crippen MR) is 156 cm³/mol. The average Bonchev–Trinajstić information content (AvgIpc) is 2.97. The molecule has 0 aromatic heterocycles. The lowest BCUT2D eigenvalue weighted by atomic mass is 10.1. The van der Waals surface area contributed by atoms with Crippen LogP contribution < -0.4 is 76.9 Å². The Morgan fingerprint density at radius 2 is 0.886 bits per heavy atom. The van der Waals surface area contributed by atoms with Gasteiger partial charge in [-0.2, -0.15) is 0 Å². The fourth-order valence-corrected chi connectivity index (χ4v) is 3.92. The molecule has 0 aromatic carbocycles. The molecule has 1 saturated heterocycles. The first-order valence-electron chi connectivity index (χ1n) is 13.9. The Kier molecular flexibility index (Phi) is 16.7. The van der Waals surface area contributed by atoms with Gasteiger partial charge in [0, 0.05) is 6.54 Å². The molecule has 1 rings (SSSR count). The molecule has 0 aliphatic carbocycles. The van der Waals surface area contributed by atoms with Gasteiger partial charge in [0.1, 0.15) is 18.1 Å². The van der Waals surface area contributed by atoms with Crippen molar-refractivity contribution in [2.24, 2.45) is 34.4 Å². The van der Waals surface area contributed by atoms with Crippen LogP contribution in [0.15, 0.2) is 0 Å². The summed E-state index contributed by atoms with van der Waals surface area (Å²) in [6.45, 7) is -0.187. The molecule has 21 nitrogen and oxygen atoms in total. The van der Waals surface area contributed by atoms with Gasteiger partial charge in [0.15, 0.2) is 18.5 Å². The van der Waals surface area contributed by atoms with Crippen molar-refractivity contribution in [3.05, 3.63) is 0 Å². The van der Waals surface area contributed by atoms with E-state index >= 15 is 0 Å². The number of carbonyl (C=O) groups excluding carboxylic acids is 7. The minimum Gasteiger partial charge on any atom is -0.353 e. The van der Waals surface area contributed by atoms with Crippen molar-refractivity contribution in [1.29, 1.82) is 0 Å². The molecule has 7 amide bonds. The van der Waals surface area contributed by atoms with Gasteiger partial charge in [-0.05, 0) is 52.4 Å². The molecule has 0 saturated carbocycles. The second kappa shape index (κ2) is 19.3. The fourth-order valence-electron chi connectivity index (χ4n) is 3.92. The van der Waals surface area contributed by atoms with Gasteiger partial charge in [0.2, 0.25) is 23.6 Å². The fraction of sp³-hybridized carbons (Fsp3) is 0.696. The highest BCUT2D eigenvalue weighted by atomic mass is 16.2. The summed E-state index contributed by atoms with van der Waals surface area (Å²) in [4.78, 5) is 89.3. The first-order valence-corrected chi connectivity index (χ1v) is 13.9. The minimum absolute atomic E-state index is 0.0155. The lowest BCUT2D eigenvalue weighted by Crippen LogP contribution is -2.63. The number of nitrogens with two attached hydrogens (primary N) is 6. The molecule has 0 aromatic rings. The number of carbonyl (C=O) groups is 7. The third-order valence-electron chi connectivity index (χ3n) is 6.40. The van der Waals surface area contributed by atoms with E-state index in [1.54, 1.807) is 0 Å². The largest absolute Gasteiger partial charge is 0.353 e. The highest BCUT2D eigenvalue weighted by molar-refractivity contribution is 5.97. The summed E-state index contributed by atoms with van der Waals surface area (Å²) in [7, 11) is 1.48. The van der Waals surface area contributed by atoms with Crippen LogP contribution in [0.1, 0.15) is 25.7 Å². The quantitative estimate of drug-likeness (QED) is 0.124. The normalized spacial score (nSPS) is 29.2. The Bertz CT molecular complexity index is 1030. The van der Waals surface area contributed by atoms with Gasteiger partial charge in [-0.25, -0.2) is 0 Å². The zero-order valence-corrected chi connectivity index (χ0v) is 24.5. The first kappa shape index (κ1) is 38.0. The Morgan fingerprint density at radius 1 is 0.545 bits per heavy atom. The topological polar surface area (TPSA) is 372 Å². The molecule has 1 aliphatic rings. The van der Waals surface area contributed by atoms with E-state index in [0.29, 0.717) is 0 Å². The van der Waals surface area contributed by atoms with E-state index in [4.69, 9.17) is 34.4 Å². The maximum atomic E-state index is 13.0. The van der Waals surface area contributed by atoms with Crippen molar-refractivity contribution in [3.63, 3.8) is 0 Å². The van der Waals surface area contributed by atoms with E-state index in [1.165, 1.54) is 7.05 Å². The lowest BCUT2D eigenvalue weighted by molar-refractivity contribution is -0.135. The van der Waals surface area contributed by atoms with Crippen molar-refractivity contribution in [1.82, 2.24) is 42.5 Å². The number of amides is 7. The van der Waals surface area contributed by atoms with Crippen molar-refractivity contribution in [2.45, 2.75) is 68.3 Å². The zero-order valence-electron chi connectivity index (χ0n) is 24.5.